The summed E-state index contributed by atoms with van der Waals surface area (Å²) in [6.45, 7) is 1.83. The van der Waals surface area contributed by atoms with E-state index in [9.17, 15) is 23.4 Å². The monoisotopic (exact) mass is 277 g/mol. The van der Waals surface area contributed by atoms with Gasteiger partial charge in [-0.2, -0.15) is 13.2 Å². The quantitative estimate of drug-likeness (QED) is 0.772. The zero-order valence-corrected chi connectivity index (χ0v) is 10.8. The van der Waals surface area contributed by atoms with Crippen LogP contribution < -0.4 is 5.32 Å². The Morgan fingerprint density at radius 3 is 2.42 bits per heavy atom. The summed E-state index contributed by atoms with van der Waals surface area (Å²) in [4.78, 5) is 0. The minimum absolute atomic E-state index is 0.0709. The molecule has 2 unspecified atom stereocenters. The average Bonchev–Trinajstić information content (AvgIpc) is 2.34. The van der Waals surface area contributed by atoms with Crippen LogP contribution in [0.3, 0.4) is 0 Å². The first kappa shape index (κ1) is 15.9. The molecular formula is C13H18F3NO2. The van der Waals surface area contributed by atoms with Crippen LogP contribution in [0.5, 0.6) is 0 Å². The number of aliphatic hydroxyl groups is 2. The van der Waals surface area contributed by atoms with Crippen LogP contribution in [-0.4, -0.2) is 29.9 Å². The maximum absolute atomic E-state index is 12.7. The van der Waals surface area contributed by atoms with Crippen molar-refractivity contribution >= 4 is 0 Å². The predicted octanol–water partition coefficient (Wildman–Crippen LogP) is 2.02. The van der Waals surface area contributed by atoms with Gasteiger partial charge >= 0.3 is 6.18 Å². The summed E-state index contributed by atoms with van der Waals surface area (Å²) < 4.78 is 38.2. The summed E-state index contributed by atoms with van der Waals surface area (Å²) >= 11 is 0. The second-order valence-corrected chi connectivity index (χ2v) is 4.48. The molecule has 0 radical (unpaired) electrons. The highest BCUT2D eigenvalue weighted by molar-refractivity contribution is 5.34. The third-order valence-corrected chi connectivity index (χ3v) is 2.96. The fourth-order valence-electron chi connectivity index (χ4n) is 1.80. The highest BCUT2D eigenvalue weighted by Gasteiger charge is 2.33. The molecule has 108 valence electrons. The minimum atomic E-state index is -4.46. The van der Waals surface area contributed by atoms with Crippen LogP contribution in [0.25, 0.3) is 0 Å². The van der Waals surface area contributed by atoms with Crippen molar-refractivity contribution in [1.29, 1.82) is 0 Å². The van der Waals surface area contributed by atoms with E-state index >= 15 is 0 Å². The molecule has 0 spiro atoms. The molecule has 0 aliphatic heterocycles. The Morgan fingerprint density at radius 1 is 1.26 bits per heavy atom. The summed E-state index contributed by atoms with van der Waals surface area (Å²) in [6, 6.07) is 3.59. The molecule has 0 fully saturated rings. The van der Waals surface area contributed by atoms with Gasteiger partial charge in [-0.15, -0.1) is 0 Å². The molecule has 0 amide bonds. The molecule has 2 atom stereocenters. The smallest absolute Gasteiger partial charge is 0.390 e. The van der Waals surface area contributed by atoms with Gasteiger partial charge in [0.1, 0.15) is 6.10 Å². The molecule has 0 saturated heterocycles. The van der Waals surface area contributed by atoms with Crippen molar-refractivity contribution in [3.8, 4) is 0 Å². The molecule has 1 aromatic rings. The molecule has 3 nitrogen and oxygen atoms in total. The Bertz CT molecular complexity index is 421. The van der Waals surface area contributed by atoms with Gasteiger partial charge < -0.3 is 15.5 Å². The van der Waals surface area contributed by atoms with Crippen molar-refractivity contribution < 1.29 is 23.4 Å². The van der Waals surface area contributed by atoms with Crippen molar-refractivity contribution in [2.75, 3.05) is 13.6 Å². The molecule has 0 bridgehead atoms. The van der Waals surface area contributed by atoms with E-state index < -0.39 is 23.9 Å². The Morgan fingerprint density at radius 2 is 1.89 bits per heavy atom. The number of hydrogen-bond donors (Lipinski definition) is 3. The Hall–Kier alpha value is -1.11. The largest absolute Gasteiger partial charge is 0.416 e. The number of aliphatic hydroxyl groups excluding tert-OH is 2. The van der Waals surface area contributed by atoms with Gasteiger partial charge in [0.2, 0.25) is 0 Å². The molecule has 19 heavy (non-hydrogen) atoms. The van der Waals surface area contributed by atoms with Gasteiger partial charge in [0, 0.05) is 0 Å². The molecule has 6 heteroatoms. The van der Waals surface area contributed by atoms with E-state index in [1.54, 1.807) is 7.05 Å². The lowest BCUT2D eigenvalue weighted by molar-refractivity contribution is -0.138. The van der Waals surface area contributed by atoms with Gasteiger partial charge in [-0.1, -0.05) is 12.1 Å². The third kappa shape index (κ3) is 4.19. The van der Waals surface area contributed by atoms with E-state index in [0.717, 1.165) is 6.07 Å². The SMILES string of the molecule is CNCCC(O)C(O)c1ccc(C)c(C(F)(F)F)c1. The van der Waals surface area contributed by atoms with Crippen LogP contribution in [0.15, 0.2) is 18.2 Å². The summed E-state index contributed by atoms with van der Waals surface area (Å²) in [5.41, 5.74) is -0.625. The fraction of sp³-hybridized carbons (Fsp3) is 0.538. The number of benzene rings is 1. The summed E-state index contributed by atoms with van der Waals surface area (Å²) in [6.07, 6.45) is -6.63. The highest BCUT2D eigenvalue weighted by atomic mass is 19.4. The van der Waals surface area contributed by atoms with Crippen LogP contribution in [-0.2, 0) is 6.18 Å². The van der Waals surface area contributed by atoms with Crippen LogP contribution in [0.2, 0.25) is 0 Å². The molecule has 1 aromatic carbocycles. The van der Waals surface area contributed by atoms with Crippen LogP contribution in [0.1, 0.15) is 29.2 Å². The van der Waals surface area contributed by atoms with Crippen molar-refractivity contribution in [1.82, 2.24) is 5.32 Å². The Balaban J connectivity index is 2.95. The van der Waals surface area contributed by atoms with E-state index in [-0.39, 0.29) is 17.5 Å². The molecule has 0 saturated carbocycles. The maximum atomic E-state index is 12.7. The van der Waals surface area contributed by atoms with Crippen molar-refractivity contribution in [3.05, 3.63) is 34.9 Å². The average molecular weight is 277 g/mol. The second kappa shape index (κ2) is 6.36. The molecule has 0 aromatic heterocycles. The maximum Gasteiger partial charge on any atom is 0.416 e. The number of nitrogens with one attached hydrogen (secondary N) is 1. The zero-order valence-electron chi connectivity index (χ0n) is 10.8. The number of alkyl halides is 3. The van der Waals surface area contributed by atoms with Gasteiger partial charge in [0.05, 0.1) is 11.7 Å². The number of aryl methyl sites for hydroxylation is 1. The van der Waals surface area contributed by atoms with Gasteiger partial charge in [0.25, 0.3) is 0 Å². The van der Waals surface area contributed by atoms with Crippen LogP contribution >= 0.6 is 0 Å². The number of rotatable bonds is 5. The lowest BCUT2D eigenvalue weighted by Crippen LogP contribution is -2.23. The lowest BCUT2D eigenvalue weighted by Gasteiger charge is -2.20. The van der Waals surface area contributed by atoms with E-state index in [4.69, 9.17) is 0 Å². The van der Waals surface area contributed by atoms with E-state index in [1.165, 1.54) is 19.1 Å². The summed E-state index contributed by atoms with van der Waals surface area (Å²) in [5, 5.41) is 22.3. The first-order valence-electron chi connectivity index (χ1n) is 5.96. The van der Waals surface area contributed by atoms with Crippen molar-refractivity contribution in [3.63, 3.8) is 0 Å². The van der Waals surface area contributed by atoms with Gasteiger partial charge in [0.15, 0.2) is 0 Å². The second-order valence-electron chi connectivity index (χ2n) is 4.48. The van der Waals surface area contributed by atoms with E-state index in [2.05, 4.69) is 5.32 Å². The Kier molecular flexibility index (Phi) is 5.34. The first-order chi connectivity index (χ1) is 8.77. The molecular weight excluding hydrogens is 259 g/mol. The predicted molar refractivity (Wildman–Crippen MR) is 65.7 cm³/mol. The van der Waals surface area contributed by atoms with E-state index in [0.29, 0.717) is 6.54 Å². The topological polar surface area (TPSA) is 52.5 Å². The van der Waals surface area contributed by atoms with Crippen molar-refractivity contribution in [2.24, 2.45) is 0 Å². The third-order valence-electron chi connectivity index (χ3n) is 2.96. The normalized spacial score (nSPS) is 15.3. The van der Waals surface area contributed by atoms with Gasteiger partial charge in [-0.25, -0.2) is 0 Å². The van der Waals surface area contributed by atoms with Gasteiger partial charge in [-0.05, 0) is 44.1 Å². The van der Waals surface area contributed by atoms with Crippen LogP contribution in [0, 0.1) is 6.92 Å². The minimum Gasteiger partial charge on any atom is -0.390 e. The standard InChI is InChI=1S/C13H18F3NO2/c1-8-3-4-9(7-10(8)13(14,15)16)12(19)11(18)5-6-17-2/h3-4,7,11-12,17-19H,5-6H2,1-2H3. The van der Waals surface area contributed by atoms with Crippen molar-refractivity contribution in [2.45, 2.75) is 31.7 Å². The number of hydrogen-bond acceptors (Lipinski definition) is 3. The molecule has 1 rings (SSSR count). The molecule has 0 heterocycles. The summed E-state index contributed by atoms with van der Waals surface area (Å²) in [7, 11) is 1.69. The van der Waals surface area contributed by atoms with Crippen LogP contribution in [0.4, 0.5) is 13.2 Å². The molecule has 0 aliphatic carbocycles. The Labute approximate surface area is 110 Å². The number of halogens is 3. The summed E-state index contributed by atoms with van der Waals surface area (Å²) in [5.74, 6) is 0. The first-order valence-corrected chi connectivity index (χ1v) is 5.96. The van der Waals surface area contributed by atoms with Gasteiger partial charge in [-0.3, -0.25) is 0 Å². The van der Waals surface area contributed by atoms with E-state index in [1.807, 2.05) is 0 Å². The molecule has 0 aliphatic rings. The highest BCUT2D eigenvalue weighted by Crippen LogP contribution is 2.34. The molecule has 3 N–H and O–H groups in total. The fourth-order valence-corrected chi connectivity index (χ4v) is 1.80. The lowest BCUT2D eigenvalue weighted by atomic mass is 9.97. The zero-order chi connectivity index (χ0) is 14.6.